The molecule has 158 valence electrons. The van der Waals surface area contributed by atoms with Gasteiger partial charge < -0.3 is 20.5 Å². The minimum atomic E-state index is -5.00. The zero-order valence-electron chi connectivity index (χ0n) is 15.7. The van der Waals surface area contributed by atoms with Gasteiger partial charge in [0.05, 0.1) is 11.6 Å². The van der Waals surface area contributed by atoms with Gasteiger partial charge in [-0.3, -0.25) is 4.79 Å². The van der Waals surface area contributed by atoms with Gasteiger partial charge in [-0.25, -0.2) is 4.39 Å². The number of phenolic OH excluding ortho intramolecular Hbond substituents is 1. The van der Waals surface area contributed by atoms with Gasteiger partial charge in [-0.2, -0.15) is 13.2 Å². The van der Waals surface area contributed by atoms with Gasteiger partial charge in [0, 0.05) is 22.7 Å². The molecule has 4 rings (SSSR count). The third-order valence-corrected chi connectivity index (χ3v) is 5.61. The lowest BCUT2D eigenvalue weighted by atomic mass is 9.70. The molecular weight excluding hydrogens is 404 g/mol. The molecule has 1 aromatic heterocycles. The minimum absolute atomic E-state index is 0.0298. The fourth-order valence-electron chi connectivity index (χ4n) is 4.29. The molecule has 0 saturated heterocycles. The predicted octanol–water partition coefficient (Wildman–Crippen LogP) is 4.33. The third kappa shape index (κ3) is 3.09. The van der Waals surface area contributed by atoms with E-state index in [-0.39, 0.29) is 33.5 Å². The van der Waals surface area contributed by atoms with Crippen LogP contribution in [0.1, 0.15) is 36.4 Å². The van der Waals surface area contributed by atoms with E-state index in [1.165, 1.54) is 37.3 Å². The smallest absolute Gasteiger partial charge is 0.419 e. The maximum atomic E-state index is 14.1. The molecule has 0 amide bonds. The Morgan fingerprint density at radius 1 is 1.20 bits per heavy atom. The lowest BCUT2D eigenvalue weighted by Crippen LogP contribution is -2.55. The number of alkyl halides is 3. The maximum Gasteiger partial charge on any atom is 0.419 e. The van der Waals surface area contributed by atoms with E-state index in [2.05, 4.69) is 10.3 Å². The Balaban J connectivity index is 1.94. The van der Waals surface area contributed by atoms with Crippen molar-refractivity contribution in [1.82, 2.24) is 4.98 Å². The molecule has 3 atom stereocenters. The summed E-state index contributed by atoms with van der Waals surface area (Å²) in [6.07, 6.45) is -5.69. The van der Waals surface area contributed by atoms with E-state index < -0.39 is 41.5 Å². The second-order valence-electron chi connectivity index (χ2n) is 7.62. The van der Waals surface area contributed by atoms with Gasteiger partial charge in [0.15, 0.2) is 5.60 Å². The van der Waals surface area contributed by atoms with Crippen molar-refractivity contribution in [2.45, 2.75) is 37.1 Å². The first-order valence-electron chi connectivity index (χ1n) is 9.21. The van der Waals surface area contributed by atoms with Gasteiger partial charge in [-0.1, -0.05) is 19.1 Å². The normalized spacial score (nSPS) is 23.9. The number of hydrogen-bond acceptors (Lipinski definition) is 4. The van der Waals surface area contributed by atoms with Gasteiger partial charge >= 0.3 is 6.18 Å². The van der Waals surface area contributed by atoms with Crippen LogP contribution in [0.2, 0.25) is 0 Å². The van der Waals surface area contributed by atoms with Crippen molar-refractivity contribution in [3.05, 3.63) is 69.8 Å². The SMILES string of the molecule is C[C@@H]1C[C@@](O)(C(F)(F)F)[C@H](Nc2cc(F)cc3[nH]c(=O)ccc23)c2cccc(O)c21. The van der Waals surface area contributed by atoms with Gasteiger partial charge in [0.1, 0.15) is 11.6 Å². The van der Waals surface area contributed by atoms with E-state index in [1.54, 1.807) is 0 Å². The van der Waals surface area contributed by atoms with Gasteiger partial charge in [-0.05, 0) is 42.2 Å². The summed E-state index contributed by atoms with van der Waals surface area (Å²) in [4.78, 5) is 14.0. The molecular formula is C21H18F4N2O3. The number of aromatic amines is 1. The molecule has 0 fully saturated rings. The number of phenols is 1. The number of nitrogens with one attached hydrogen (secondary N) is 2. The second kappa shape index (κ2) is 6.73. The Labute approximate surface area is 168 Å². The maximum absolute atomic E-state index is 14.1. The number of aromatic hydroxyl groups is 1. The van der Waals surface area contributed by atoms with Crippen LogP contribution in [0, 0.1) is 5.82 Å². The molecule has 0 saturated carbocycles. The van der Waals surface area contributed by atoms with Crippen LogP contribution < -0.4 is 10.9 Å². The number of anilines is 1. The summed E-state index contributed by atoms with van der Waals surface area (Å²) in [7, 11) is 0. The quantitative estimate of drug-likeness (QED) is 0.463. The number of fused-ring (bicyclic) bond motifs is 2. The monoisotopic (exact) mass is 422 g/mol. The fraction of sp³-hybridized carbons (Fsp3) is 0.286. The summed E-state index contributed by atoms with van der Waals surface area (Å²) in [5, 5.41) is 24.0. The number of benzene rings is 2. The van der Waals surface area contributed by atoms with E-state index in [1.807, 2.05) is 0 Å². The zero-order valence-corrected chi connectivity index (χ0v) is 15.7. The molecule has 0 radical (unpaired) electrons. The molecule has 2 aromatic carbocycles. The molecule has 30 heavy (non-hydrogen) atoms. The molecule has 1 aliphatic carbocycles. The Morgan fingerprint density at radius 2 is 1.93 bits per heavy atom. The Morgan fingerprint density at radius 3 is 2.63 bits per heavy atom. The van der Waals surface area contributed by atoms with Crippen molar-refractivity contribution in [3.8, 4) is 5.75 Å². The van der Waals surface area contributed by atoms with E-state index >= 15 is 0 Å². The van der Waals surface area contributed by atoms with Gasteiger partial charge in [0.25, 0.3) is 0 Å². The topological polar surface area (TPSA) is 85.4 Å². The molecule has 1 aliphatic rings. The van der Waals surface area contributed by atoms with Crippen molar-refractivity contribution in [1.29, 1.82) is 0 Å². The number of aliphatic hydroxyl groups is 1. The number of H-pyrrole nitrogens is 1. The number of pyridine rings is 1. The van der Waals surface area contributed by atoms with Crippen LogP contribution >= 0.6 is 0 Å². The minimum Gasteiger partial charge on any atom is -0.508 e. The van der Waals surface area contributed by atoms with Crippen molar-refractivity contribution < 1.29 is 27.8 Å². The summed E-state index contributed by atoms with van der Waals surface area (Å²) in [6.45, 7) is 1.49. The highest BCUT2D eigenvalue weighted by Gasteiger charge is 2.62. The molecule has 0 bridgehead atoms. The van der Waals surface area contributed by atoms with Crippen LogP contribution in [-0.4, -0.2) is 27.0 Å². The Hall–Kier alpha value is -3.07. The van der Waals surface area contributed by atoms with Crippen molar-refractivity contribution >= 4 is 16.6 Å². The van der Waals surface area contributed by atoms with Gasteiger partial charge in [0.2, 0.25) is 5.56 Å². The predicted molar refractivity (Wildman–Crippen MR) is 103 cm³/mol. The average molecular weight is 422 g/mol. The summed E-state index contributed by atoms with van der Waals surface area (Å²) < 4.78 is 56.2. The van der Waals surface area contributed by atoms with Crippen LogP contribution in [0.4, 0.5) is 23.2 Å². The van der Waals surface area contributed by atoms with Crippen LogP contribution in [0.25, 0.3) is 10.9 Å². The van der Waals surface area contributed by atoms with E-state index in [4.69, 9.17) is 0 Å². The molecule has 1 heterocycles. The largest absolute Gasteiger partial charge is 0.508 e. The third-order valence-electron chi connectivity index (χ3n) is 5.61. The first-order valence-corrected chi connectivity index (χ1v) is 9.21. The Kier molecular flexibility index (Phi) is 4.54. The lowest BCUT2D eigenvalue weighted by Gasteiger charge is -2.45. The first kappa shape index (κ1) is 20.2. The number of rotatable bonds is 2. The highest BCUT2D eigenvalue weighted by Crippen LogP contribution is 2.54. The highest BCUT2D eigenvalue weighted by atomic mass is 19.4. The molecule has 0 aliphatic heterocycles. The standard InChI is InChI=1S/C21H18F4N2O3/c1-10-9-20(30,21(23,24)25)19(13-3-2-4-16(28)18(10)13)27-15-8-11(22)7-14-12(15)5-6-17(29)26-14/h2-8,10,19,27-28,30H,9H2,1H3,(H,26,29)/t10-,19-,20+/m1/s1. The molecule has 0 unspecified atom stereocenters. The lowest BCUT2D eigenvalue weighted by molar-refractivity contribution is -0.272. The van der Waals surface area contributed by atoms with Crippen LogP contribution in [0.15, 0.2) is 47.3 Å². The fourth-order valence-corrected chi connectivity index (χ4v) is 4.29. The van der Waals surface area contributed by atoms with Crippen molar-refractivity contribution in [3.63, 3.8) is 0 Å². The van der Waals surface area contributed by atoms with E-state index in [0.29, 0.717) is 0 Å². The highest BCUT2D eigenvalue weighted by molar-refractivity contribution is 5.91. The summed E-state index contributed by atoms with van der Waals surface area (Å²) in [5.74, 6) is -1.72. The van der Waals surface area contributed by atoms with E-state index in [9.17, 15) is 32.6 Å². The summed E-state index contributed by atoms with van der Waals surface area (Å²) in [5.41, 5.74) is -3.24. The average Bonchev–Trinajstić information content (AvgIpc) is 2.63. The van der Waals surface area contributed by atoms with Crippen LogP contribution in [0.3, 0.4) is 0 Å². The number of aromatic nitrogens is 1. The van der Waals surface area contributed by atoms with Gasteiger partial charge in [-0.15, -0.1) is 0 Å². The molecule has 3 aromatic rings. The van der Waals surface area contributed by atoms with Crippen molar-refractivity contribution in [2.24, 2.45) is 0 Å². The molecule has 4 N–H and O–H groups in total. The second-order valence-corrected chi connectivity index (χ2v) is 7.62. The first-order chi connectivity index (χ1) is 14.0. The zero-order chi connectivity index (χ0) is 21.8. The number of hydrogen-bond donors (Lipinski definition) is 4. The van der Waals surface area contributed by atoms with E-state index in [0.717, 1.165) is 12.1 Å². The van der Waals surface area contributed by atoms with Crippen molar-refractivity contribution in [2.75, 3.05) is 5.32 Å². The summed E-state index contributed by atoms with van der Waals surface area (Å²) >= 11 is 0. The van der Waals surface area contributed by atoms with Crippen LogP contribution in [-0.2, 0) is 0 Å². The number of halogens is 4. The molecule has 9 heteroatoms. The summed E-state index contributed by atoms with van der Waals surface area (Å²) in [6, 6.07) is 7.02. The molecule has 5 nitrogen and oxygen atoms in total. The van der Waals surface area contributed by atoms with Crippen LogP contribution in [0.5, 0.6) is 5.75 Å². The molecule has 0 spiro atoms. The Bertz CT molecular complexity index is 1190.